The second-order valence-electron chi connectivity index (χ2n) is 5.23. The van der Waals surface area contributed by atoms with E-state index in [1.54, 1.807) is 43.3 Å². The molecule has 0 aliphatic carbocycles. The van der Waals surface area contributed by atoms with Crippen molar-refractivity contribution in [2.24, 2.45) is 0 Å². The molecule has 2 aromatic rings. The molecule has 0 spiro atoms. The van der Waals surface area contributed by atoms with Crippen LogP contribution in [-0.2, 0) is 9.59 Å². The van der Waals surface area contributed by atoms with E-state index in [0.29, 0.717) is 5.69 Å². The van der Waals surface area contributed by atoms with Crippen LogP contribution in [0.15, 0.2) is 53.4 Å². The Labute approximate surface area is 149 Å². The van der Waals surface area contributed by atoms with E-state index in [-0.39, 0.29) is 23.2 Å². The van der Waals surface area contributed by atoms with Crippen molar-refractivity contribution in [2.45, 2.75) is 24.0 Å². The maximum Gasteiger partial charge on any atom is 0.292 e. The zero-order chi connectivity index (χ0) is 18.4. The number of carbonyl (C=O) groups excluding carboxylic acids is 2. The number of nitro benzene ring substituents is 1. The average molecular weight is 359 g/mol. The van der Waals surface area contributed by atoms with E-state index in [1.165, 1.54) is 30.8 Å². The SMILES string of the molecule is CC(=O)Nc1ccc(S[C@H](C)C(=O)Nc2ccccc2[N+](=O)[O-])cc1. The molecule has 25 heavy (non-hydrogen) atoms. The maximum atomic E-state index is 12.3. The fourth-order valence-electron chi connectivity index (χ4n) is 2.05. The van der Waals surface area contributed by atoms with Gasteiger partial charge in [-0.25, -0.2) is 0 Å². The van der Waals surface area contributed by atoms with Gasteiger partial charge in [-0.2, -0.15) is 0 Å². The molecule has 0 saturated carbocycles. The minimum absolute atomic E-state index is 0.146. The summed E-state index contributed by atoms with van der Waals surface area (Å²) in [5.41, 5.74) is 0.701. The highest BCUT2D eigenvalue weighted by Crippen LogP contribution is 2.28. The molecule has 0 aliphatic rings. The number of nitro groups is 1. The van der Waals surface area contributed by atoms with Crippen LogP contribution in [0.3, 0.4) is 0 Å². The number of benzene rings is 2. The van der Waals surface area contributed by atoms with Crippen molar-refractivity contribution in [1.82, 2.24) is 0 Å². The van der Waals surface area contributed by atoms with Crippen LogP contribution in [0.2, 0.25) is 0 Å². The molecule has 2 N–H and O–H groups in total. The van der Waals surface area contributed by atoms with Crippen LogP contribution < -0.4 is 10.6 Å². The summed E-state index contributed by atoms with van der Waals surface area (Å²) < 4.78 is 0. The molecule has 0 radical (unpaired) electrons. The van der Waals surface area contributed by atoms with Gasteiger partial charge in [0.25, 0.3) is 5.69 Å². The van der Waals surface area contributed by atoms with E-state index in [0.717, 1.165) is 4.90 Å². The van der Waals surface area contributed by atoms with E-state index in [2.05, 4.69) is 10.6 Å². The van der Waals surface area contributed by atoms with Crippen LogP contribution >= 0.6 is 11.8 Å². The van der Waals surface area contributed by atoms with Gasteiger partial charge in [0.05, 0.1) is 10.2 Å². The van der Waals surface area contributed by atoms with Crippen molar-refractivity contribution in [3.8, 4) is 0 Å². The lowest BCUT2D eigenvalue weighted by Gasteiger charge is -2.12. The summed E-state index contributed by atoms with van der Waals surface area (Å²) in [6.45, 7) is 3.15. The standard InChI is InChI=1S/C17H17N3O4S/c1-11(25-14-9-7-13(8-10-14)18-12(2)21)17(22)19-15-5-3-4-6-16(15)20(23)24/h3-11H,1-2H3,(H,18,21)(H,19,22)/t11-/m1/s1. The first-order chi connectivity index (χ1) is 11.9. The Hall–Kier alpha value is -2.87. The van der Waals surface area contributed by atoms with Crippen LogP contribution in [0.1, 0.15) is 13.8 Å². The summed E-state index contributed by atoms with van der Waals surface area (Å²) in [6.07, 6.45) is 0. The largest absolute Gasteiger partial charge is 0.326 e. The predicted molar refractivity (Wildman–Crippen MR) is 97.8 cm³/mol. The number of nitrogens with one attached hydrogen (secondary N) is 2. The first-order valence-corrected chi connectivity index (χ1v) is 8.33. The molecule has 0 unspecified atom stereocenters. The van der Waals surface area contributed by atoms with Gasteiger partial charge in [0.1, 0.15) is 5.69 Å². The lowest BCUT2D eigenvalue weighted by Crippen LogP contribution is -2.22. The van der Waals surface area contributed by atoms with Gasteiger partial charge in [-0.15, -0.1) is 11.8 Å². The van der Waals surface area contributed by atoms with Gasteiger partial charge in [-0.3, -0.25) is 19.7 Å². The van der Waals surface area contributed by atoms with Crippen molar-refractivity contribution >= 4 is 40.6 Å². The van der Waals surface area contributed by atoms with Gasteiger partial charge in [-0.1, -0.05) is 12.1 Å². The van der Waals surface area contributed by atoms with Crippen LogP contribution in [-0.4, -0.2) is 22.0 Å². The number of amides is 2. The van der Waals surface area contributed by atoms with Crippen LogP contribution in [0.5, 0.6) is 0 Å². The average Bonchev–Trinajstić information content (AvgIpc) is 2.56. The first-order valence-electron chi connectivity index (χ1n) is 7.45. The lowest BCUT2D eigenvalue weighted by atomic mass is 10.2. The molecule has 7 nitrogen and oxygen atoms in total. The number of hydrogen-bond acceptors (Lipinski definition) is 5. The van der Waals surface area contributed by atoms with Crippen LogP contribution in [0, 0.1) is 10.1 Å². The van der Waals surface area contributed by atoms with Gasteiger partial charge >= 0.3 is 0 Å². The number of hydrogen-bond donors (Lipinski definition) is 2. The molecule has 8 heteroatoms. The molecule has 0 aliphatic heterocycles. The number of thioether (sulfide) groups is 1. The van der Waals surface area contributed by atoms with E-state index in [4.69, 9.17) is 0 Å². The Kier molecular flexibility index (Phi) is 6.13. The number of nitrogens with zero attached hydrogens (tertiary/aromatic N) is 1. The third kappa shape index (κ3) is 5.32. The number of anilines is 2. The maximum absolute atomic E-state index is 12.3. The van der Waals surface area contributed by atoms with E-state index in [9.17, 15) is 19.7 Å². The van der Waals surface area contributed by atoms with Crippen LogP contribution in [0.4, 0.5) is 17.1 Å². The normalized spacial score (nSPS) is 11.4. The minimum Gasteiger partial charge on any atom is -0.326 e. The molecular formula is C17H17N3O4S. The van der Waals surface area contributed by atoms with Crippen molar-refractivity contribution in [3.05, 3.63) is 58.6 Å². The van der Waals surface area contributed by atoms with E-state index < -0.39 is 10.2 Å². The predicted octanol–water partition coefficient (Wildman–Crippen LogP) is 3.67. The second kappa shape index (κ2) is 8.29. The minimum atomic E-state index is -0.534. The van der Waals surface area contributed by atoms with Crippen molar-refractivity contribution in [3.63, 3.8) is 0 Å². The van der Waals surface area contributed by atoms with Gasteiger partial charge in [0.15, 0.2) is 0 Å². The summed E-state index contributed by atoms with van der Waals surface area (Å²) in [6, 6.07) is 13.1. The molecule has 0 saturated heterocycles. The van der Waals surface area contributed by atoms with Crippen molar-refractivity contribution in [2.75, 3.05) is 10.6 Å². The Morgan fingerprint density at radius 3 is 2.32 bits per heavy atom. The molecule has 2 rings (SSSR count). The third-order valence-electron chi connectivity index (χ3n) is 3.22. The summed E-state index contributed by atoms with van der Waals surface area (Å²) in [7, 11) is 0. The zero-order valence-corrected chi connectivity index (χ0v) is 14.5. The van der Waals surface area contributed by atoms with Gasteiger partial charge < -0.3 is 10.6 Å². The molecular weight excluding hydrogens is 342 g/mol. The second-order valence-corrected chi connectivity index (χ2v) is 6.64. The summed E-state index contributed by atoms with van der Waals surface area (Å²) in [5.74, 6) is -0.483. The smallest absolute Gasteiger partial charge is 0.292 e. The first kappa shape index (κ1) is 18.5. The third-order valence-corrected chi connectivity index (χ3v) is 4.33. The van der Waals surface area contributed by atoms with Crippen molar-refractivity contribution < 1.29 is 14.5 Å². The fourth-order valence-corrected chi connectivity index (χ4v) is 2.92. The Morgan fingerprint density at radius 1 is 1.08 bits per heavy atom. The van der Waals surface area contributed by atoms with Crippen molar-refractivity contribution in [1.29, 1.82) is 0 Å². The number of rotatable bonds is 6. The monoisotopic (exact) mass is 359 g/mol. The Bertz CT molecular complexity index is 793. The van der Waals surface area contributed by atoms with E-state index >= 15 is 0 Å². The van der Waals surface area contributed by atoms with Gasteiger partial charge in [-0.05, 0) is 37.3 Å². The molecule has 0 bridgehead atoms. The number of carbonyl (C=O) groups is 2. The molecule has 1 atom stereocenters. The Morgan fingerprint density at radius 2 is 1.72 bits per heavy atom. The molecule has 2 aromatic carbocycles. The molecule has 2 amide bonds. The highest BCUT2D eigenvalue weighted by molar-refractivity contribution is 8.00. The zero-order valence-electron chi connectivity index (χ0n) is 13.7. The summed E-state index contributed by atoms with van der Waals surface area (Å²) >= 11 is 1.32. The van der Waals surface area contributed by atoms with Crippen LogP contribution in [0.25, 0.3) is 0 Å². The lowest BCUT2D eigenvalue weighted by molar-refractivity contribution is -0.383. The fraction of sp³-hybridized carbons (Fsp3) is 0.176. The highest BCUT2D eigenvalue weighted by Gasteiger charge is 2.19. The molecule has 0 fully saturated rings. The molecule has 0 heterocycles. The summed E-state index contributed by atoms with van der Waals surface area (Å²) in [4.78, 5) is 34.6. The van der Waals surface area contributed by atoms with Gasteiger partial charge in [0.2, 0.25) is 11.8 Å². The van der Waals surface area contributed by atoms with Gasteiger partial charge in [0, 0.05) is 23.6 Å². The molecule has 130 valence electrons. The quantitative estimate of drug-likeness (QED) is 0.465. The highest BCUT2D eigenvalue weighted by atomic mass is 32.2. The molecule has 0 aromatic heterocycles. The summed E-state index contributed by atoms with van der Waals surface area (Å²) in [5, 5.41) is 15.8. The number of para-hydroxylation sites is 2. The topological polar surface area (TPSA) is 101 Å². The Balaban J connectivity index is 2.01. The van der Waals surface area contributed by atoms with E-state index in [1.807, 2.05) is 0 Å².